The first kappa shape index (κ1) is 22.0. The van der Waals surface area contributed by atoms with Gasteiger partial charge in [-0.05, 0) is 59.5 Å². The maximum absolute atomic E-state index is 12.8. The SMILES string of the molecule is CC(C)CNC(=O)C[C@H](c1cccc(Oc2ccccc2)c1)c1c[nH]c2ccc(Cl)cc12. The molecule has 0 saturated heterocycles. The van der Waals surface area contributed by atoms with Gasteiger partial charge in [0, 0.05) is 41.0 Å². The van der Waals surface area contributed by atoms with E-state index in [9.17, 15) is 4.79 Å². The summed E-state index contributed by atoms with van der Waals surface area (Å²) in [6, 6.07) is 23.4. The van der Waals surface area contributed by atoms with Crippen molar-refractivity contribution in [3.8, 4) is 11.5 Å². The van der Waals surface area contributed by atoms with E-state index in [0.29, 0.717) is 23.9 Å². The van der Waals surface area contributed by atoms with Crippen LogP contribution in [0.25, 0.3) is 10.9 Å². The molecule has 4 aromatic rings. The molecule has 1 atom stereocenters. The fourth-order valence-corrected chi connectivity index (χ4v) is 3.98. The molecule has 0 fully saturated rings. The average Bonchev–Trinajstić information content (AvgIpc) is 3.19. The van der Waals surface area contributed by atoms with Crippen LogP contribution in [0.1, 0.15) is 37.3 Å². The zero-order valence-corrected chi connectivity index (χ0v) is 19.0. The maximum Gasteiger partial charge on any atom is 0.220 e. The second-order valence-corrected chi connectivity index (χ2v) is 8.81. The summed E-state index contributed by atoms with van der Waals surface area (Å²) in [5, 5.41) is 4.74. The number of ether oxygens (including phenoxy) is 1. The van der Waals surface area contributed by atoms with Crippen LogP contribution in [0.15, 0.2) is 79.0 Å². The molecule has 164 valence electrons. The van der Waals surface area contributed by atoms with Crippen molar-refractivity contribution in [2.75, 3.05) is 6.54 Å². The van der Waals surface area contributed by atoms with Gasteiger partial charge in [0.25, 0.3) is 0 Å². The minimum atomic E-state index is -0.145. The third kappa shape index (κ3) is 5.32. The molecule has 3 aromatic carbocycles. The van der Waals surface area contributed by atoms with Crippen LogP contribution in [0.2, 0.25) is 5.02 Å². The van der Waals surface area contributed by atoms with Gasteiger partial charge in [-0.2, -0.15) is 0 Å². The monoisotopic (exact) mass is 446 g/mol. The fourth-order valence-electron chi connectivity index (χ4n) is 3.81. The van der Waals surface area contributed by atoms with Gasteiger partial charge in [0.15, 0.2) is 0 Å². The molecular formula is C27H27ClN2O2. The van der Waals surface area contributed by atoms with Gasteiger partial charge in [0.2, 0.25) is 5.91 Å². The molecule has 5 heteroatoms. The predicted molar refractivity (Wildman–Crippen MR) is 131 cm³/mol. The first-order valence-electron chi connectivity index (χ1n) is 10.9. The van der Waals surface area contributed by atoms with Gasteiger partial charge in [-0.25, -0.2) is 0 Å². The van der Waals surface area contributed by atoms with Crippen LogP contribution in [0, 0.1) is 5.92 Å². The number of rotatable bonds is 8. The number of nitrogens with one attached hydrogen (secondary N) is 2. The molecule has 1 heterocycles. The molecule has 0 aliphatic rings. The number of aromatic amines is 1. The third-order valence-electron chi connectivity index (χ3n) is 5.39. The van der Waals surface area contributed by atoms with Gasteiger partial charge in [0.1, 0.15) is 11.5 Å². The van der Waals surface area contributed by atoms with E-state index in [-0.39, 0.29) is 11.8 Å². The van der Waals surface area contributed by atoms with E-state index >= 15 is 0 Å². The van der Waals surface area contributed by atoms with E-state index in [2.05, 4.69) is 24.1 Å². The lowest BCUT2D eigenvalue weighted by Crippen LogP contribution is -2.28. The summed E-state index contributed by atoms with van der Waals surface area (Å²) in [5.74, 6) is 1.78. The van der Waals surface area contributed by atoms with Crippen LogP contribution in [0.4, 0.5) is 0 Å². The lowest BCUT2D eigenvalue weighted by atomic mass is 9.87. The van der Waals surface area contributed by atoms with Crippen molar-refractivity contribution in [1.29, 1.82) is 0 Å². The fraction of sp³-hybridized carbons (Fsp3) is 0.222. The Hall–Kier alpha value is -3.24. The molecular weight excluding hydrogens is 420 g/mol. The van der Waals surface area contributed by atoms with Crippen molar-refractivity contribution in [2.24, 2.45) is 5.92 Å². The Kier molecular flexibility index (Phi) is 6.81. The van der Waals surface area contributed by atoms with Crippen LogP contribution in [0.5, 0.6) is 11.5 Å². The van der Waals surface area contributed by atoms with E-state index in [1.807, 2.05) is 79.0 Å². The Morgan fingerprint density at radius 1 is 1.00 bits per heavy atom. The van der Waals surface area contributed by atoms with Crippen LogP contribution < -0.4 is 10.1 Å². The minimum Gasteiger partial charge on any atom is -0.457 e. The number of benzene rings is 3. The lowest BCUT2D eigenvalue weighted by Gasteiger charge is -2.19. The number of halogens is 1. The van der Waals surface area contributed by atoms with E-state index < -0.39 is 0 Å². The third-order valence-corrected chi connectivity index (χ3v) is 5.62. The summed E-state index contributed by atoms with van der Waals surface area (Å²) in [7, 11) is 0. The molecule has 0 saturated carbocycles. The van der Waals surface area contributed by atoms with Crippen LogP contribution in [-0.4, -0.2) is 17.4 Å². The summed E-state index contributed by atoms with van der Waals surface area (Å²) in [5.41, 5.74) is 3.05. The molecule has 0 spiro atoms. The van der Waals surface area contributed by atoms with Gasteiger partial charge in [0.05, 0.1) is 0 Å². The summed E-state index contributed by atoms with van der Waals surface area (Å²) in [6.45, 7) is 4.83. The highest BCUT2D eigenvalue weighted by Gasteiger charge is 2.22. The molecule has 32 heavy (non-hydrogen) atoms. The van der Waals surface area contributed by atoms with E-state index in [4.69, 9.17) is 16.3 Å². The number of para-hydroxylation sites is 1. The first-order valence-corrected chi connectivity index (χ1v) is 11.2. The maximum atomic E-state index is 12.8. The van der Waals surface area contributed by atoms with E-state index in [0.717, 1.165) is 33.5 Å². The quantitative estimate of drug-likeness (QED) is 0.309. The zero-order chi connectivity index (χ0) is 22.5. The standard InChI is InChI=1S/C27H27ClN2O2/c1-18(2)16-30-27(31)15-23(25-17-29-26-12-11-20(28)14-24(25)26)19-7-6-10-22(13-19)32-21-8-4-3-5-9-21/h3-14,17-18,23,29H,15-16H2,1-2H3,(H,30,31)/t23-/m1/s1. The molecule has 4 rings (SSSR count). The van der Waals surface area contributed by atoms with Crippen LogP contribution >= 0.6 is 11.6 Å². The van der Waals surface area contributed by atoms with Crippen molar-refractivity contribution in [3.63, 3.8) is 0 Å². The van der Waals surface area contributed by atoms with Crippen molar-refractivity contribution in [3.05, 3.63) is 95.1 Å². The molecule has 2 N–H and O–H groups in total. The molecule has 0 aliphatic heterocycles. The number of aromatic nitrogens is 1. The summed E-state index contributed by atoms with van der Waals surface area (Å²) >= 11 is 6.29. The van der Waals surface area contributed by atoms with Gasteiger partial charge in [-0.1, -0.05) is 55.8 Å². The Balaban J connectivity index is 1.69. The Bertz CT molecular complexity index is 1200. The first-order chi connectivity index (χ1) is 15.5. The molecule has 4 nitrogen and oxygen atoms in total. The van der Waals surface area contributed by atoms with Gasteiger partial charge < -0.3 is 15.0 Å². The highest BCUT2D eigenvalue weighted by Crippen LogP contribution is 2.36. The number of carbonyl (C=O) groups is 1. The van der Waals surface area contributed by atoms with E-state index in [1.54, 1.807) is 0 Å². The van der Waals surface area contributed by atoms with Crippen molar-refractivity contribution >= 4 is 28.4 Å². The normalized spacial score (nSPS) is 12.1. The van der Waals surface area contributed by atoms with Crippen molar-refractivity contribution in [2.45, 2.75) is 26.2 Å². The molecule has 0 aliphatic carbocycles. The molecule has 0 unspecified atom stereocenters. The second-order valence-electron chi connectivity index (χ2n) is 8.38. The number of hydrogen-bond acceptors (Lipinski definition) is 2. The van der Waals surface area contributed by atoms with Crippen LogP contribution in [0.3, 0.4) is 0 Å². The smallest absolute Gasteiger partial charge is 0.220 e. The van der Waals surface area contributed by atoms with Crippen LogP contribution in [-0.2, 0) is 4.79 Å². The van der Waals surface area contributed by atoms with E-state index in [1.165, 1.54) is 0 Å². The largest absolute Gasteiger partial charge is 0.457 e. The number of amides is 1. The number of carbonyl (C=O) groups excluding carboxylic acids is 1. The van der Waals surface area contributed by atoms with Gasteiger partial charge >= 0.3 is 0 Å². The number of fused-ring (bicyclic) bond motifs is 1. The predicted octanol–water partition coefficient (Wildman–Crippen LogP) is 6.91. The molecule has 1 aromatic heterocycles. The Morgan fingerprint density at radius 2 is 1.78 bits per heavy atom. The zero-order valence-electron chi connectivity index (χ0n) is 18.3. The topological polar surface area (TPSA) is 54.1 Å². The lowest BCUT2D eigenvalue weighted by molar-refractivity contribution is -0.121. The summed E-state index contributed by atoms with van der Waals surface area (Å²) in [6.07, 6.45) is 2.31. The van der Waals surface area contributed by atoms with Crippen molar-refractivity contribution in [1.82, 2.24) is 10.3 Å². The molecule has 0 bridgehead atoms. The minimum absolute atomic E-state index is 0.0226. The highest BCUT2D eigenvalue weighted by atomic mass is 35.5. The van der Waals surface area contributed by atoms with Gasteiger partial charge in [-0.15, -0.1) is 0 Å². The average molecular weight is 447 g/mol. The Morgan fingerprint density at radius 3 is 2.56 bits per heavy atom. The molecule has 1 amide bonds. The van der Waals surface area contributed by atoms with Crippen molar-refractivity contribution < 1.29 is 9.53 Å². The second kappa shape index (κ2) is 9.92. The highest BCUT2D eigenvalue weighted by molar-refractivity contribution is 6.31. The number of H-pyrrole nitrogens is 1. The Labute approximate surface area is 193 Å². The molecule has 0 radical (unpaired) electrons. The summed E-state index contributed by atoms with van der Waals surface area (Å²) < 4.78 is 6.05. The number of hydrogen-bond donors (Lipinski definition) is 2. The van der Waals surface area contributed by atoms with Gasteiger partial charge in [-0.3, -0.25) is 4.79 Å². The summed E-state index contributed by atoms with van der Waals surface area (Å²) in [4.78, 5) is 16.1.